The third-order valence-corrected chi connectivity index (χ3v) is 2.33. The van der Waals surface area contributed by atoms with E-state index in [1.807, 2.05) is 0 Å². The summed E-state index contributed by atoms with van der Waals surface area (Å²) >= 11 is 0. The molecule has 0 heterocycles. The molecule has 1 saturated carbocycles. The zero-order valence-electron chi connectivity index (χ0n) is 7.69. The van der Waals surface area contributed by atoms with E-state index >= 15 is 0 Å². The molecule has 2 atom stereocenters. The predicted octanol–water partition coefficient (Wildman–Crippen LogP) is 0.833. The van der Waals surface area contributed by atoms with Gasteiger partial charge < -0.3 is 20.8 Å². The standard InChI is InChI=1S/C8H14N2O4/c11-7(12)9-5-2-1-3-6(4-5)10-8(13)14/h5-6,9-10H,1-4H2,(H,11,12)(H,13,14)/t5-,6+. The zero-order valence-corrected chi connectivity index (χ0v) is 7.69. The number of hydrogen-bond acceptors (Lipinski definition) is 2. The molecule has 0 aliphatic heterocycles. The fourth-order valence-corrected chi connectivity index (χ4v) is 1.80. The van der Waals surface area contributed by atoms with Crippen LogP contribution in [0, 0.1) is 0 Å². The van der Waals surface area contributed by atoms with Crippen molar-refractivity contribution in [2.45, 2.75) is 37.8 Å². The molecule has 0 aromatic rings. The molecule has 1 aliphatic carbocycles. The van der Waals surface area contributed by atoms with Crippen molar-refractivity contribution < 1.29 is 19.8 Å². The van der Waals surface area contributed by atoms with Crippen molar-refractivity contribution in [3.63, 3.8) is 0 Å². The second kappa shape index (κ2) is 4.69. The van der Waals surface area contributed by atoms with Crippen LogP contribution in [0.3, 0.4) is 0 Å². The second-order valence-electron chi connectivity index (χ2n) is 3.46. The van der Waals surface area contributed by atoms with Gasteiger partial charge in [0.15, 0.2) is 0 Å². The van der Waals surface area contributed by atoms with Crippen LogP contribution in [0.5, 0.6) is 0 Å². The van der Waals surface area contributed by atoms with E-state index in [4.69, 9.17) is 10.2 Å². The Morgan fingerprint density at radius 1 is 1.00 bits per heavy atom. The Bertz CT molecular complexity index is 209. The molecule has 0 aromatic carbocycles. The second-order valence-corrected chi connectivity index (χ2v) is 3.46. The average Bonchev–Trinajstić information content (AvgIpc) is 2.01. The minimum absolute atomic E-state index is 0.127. The normalized spacial score (nSPS) is 26.6. The lowest BCUT2D eigenvalue weighted by Gasteiger charge is -2.28. The van der Waals surface area contributed by atoms with E-state index in [1.165, 1.54) is 0 Å². The van der Waals surface area contributed by atoms with E-state index in [2.05, 4.69) is 10.6 Å². The highest BCUT2D eigenvalue weighted by Gasteiger charge is 2.23. The van der Waals surface area contributed by atoms with Gasteiger partial charge in [0.2, 0.25) is 0 Å². The highest BCUT2D eigenvalue weighted by molar-refractivity contribution is 5.65. The lowest BCUT2D eigenvalue weighted by atomic mass is 9.91. The van der Waals surface area contributed by atoms with Crippen molar-refractivity contribution in [2.24, 2.45) is 0 Å². The summed E-state index contributed by atoms with van der Waals surface area (Å²) in [7, 11) is 0. The third kappa shape index (κ3) is 3.51. The van der Waals surface area contributed by atoms with E-state index in [0.717, 1.165) is 19.3 Å². The summed E-state index contributed by atoms with van der Waals surface area (Å²) in [5, 5.41) is 21.7. The first-order chi connectivity index (χ1) is 6.58. The van der Waals surface area contributed by atoms with Crippen LogP contribution in [0.2, 0.25) is 0 Å². The highest BCUT2D eigenvalue weighted by atomic mass is 16.4. The van der Waals surface area contributed by atoms with Gasteiger partial charge in [-0.05, 0) is 25.7 Å². The van der Waals surface area contributed by atoms with Gasteiger partial charge in [-0.15, -0.1) is 0 Å². The molecule has 6 nitrogen and oxygen atoms in total. The molecule has 0 bridgehead atoms. The molecular formula is C8H14N2O4. The van der Waals surface area contributed by atoms with Crippen LogP contribution in [-0.4, -0.2) is 34.5 Å². The van der Waals surface area contributed by atoms with Crippen LogP contribution in [0.1, 0.15) is 25.7 Å². The Hall–Kier alpha value is -1.46. The van der Waals surface area contributed by atoms with E-state index in [1.54, 1.807) is 0 Å². The molecule has 0 unspecified atom stereocenters. The number of carbonyl (C=O) groups is 2. The first kappa shape index (κ1) is 10.6. The Kier molecular flexibility index (Phi) is 3.55. The molecule has 0 saturated heterocycles. The van der Waals surface area contributed by atoms with E-state index < -0.39 is 12.2 Å². The topological polar surface area (TPSA) is 98.7 Å². The fraction of sp³-hybridized carbons (Fsp3) is 0.750. The van der Waals surface area contributed by atoms with Gasteiger partial charge >= 0.3 is 12.2 Å². The third-order valence-electron chi connectivity index (χ3n) is 2.33. The molecule has 80 valence electrons. The largest absolute Gasteiger partial charge is 0.465 e. The number of amides is 2. The summed E-state index contributed by atoms with van der Waals surface area (Å²) in [6.45, 7) is 0. The van der Waals surface area contributed by atoms with Crippen molar-refractivity contribution in [1.29, 1.82) is 0 Å². The molecule has 1 aliphatic rings. The summed E-state index contributed by atoms with van der Waals surface area (Å²) in [4.78, 5) is 20.7. The van der Waals surface area contributed by atoms with E-state index in [9.17, 15) is 9.59 Å². The average molecular weight is 202 g/mol. The van der Waals surface area contributed by atoms with Crippen molar-refractivity contribution in [1.82, 2.24) is 10.6 Å². The Morgan fingerprint density at radius 2 is 1.43 bits per heavy atom. The molecular weight excluding hydrogens is 188 g/mol. The first-order valence-corrected chi connectivity index (χ1v) is 4.57. The smallest absolute Gasteiger partial charge is 0.404 e. The lowest BCUT2D eigenvalue weighted by Crippen LogP contribution is -2.45. The minimum Gasteiger partial charge on any atom is -0.465 e. The van der Waals surface area contributed by atoms with Crippen LogP contribution in [0.15, 0.2) is 0 Å². The van der Waals surface area contributed by atoms with Crippen molar-refractivity contribution in [3.8, 4) is 0 Å². The maximum absolute atomic E-state index is 10.3. The highest BCUT2D eigenvalue weighted by Crippen LogP contribution is 2.18. The van der Waals surface area contributed by atoms with E-state index in [-0.39, 0.29) is 12.1 Å². The van der Waals surface area contributed by atoms with E-state index in [0.29, 0.717) is 6.42 Å². The van der Waals surface area contributed by atoms with Crippen LogP contribution in [0.4, 0.5) is 9.59 Å². The summed E-state index contributed by atoms with van der Waals surface area (Å²) in [5.74, 6) is 0. The van der Waals surface area contributed by atoms with Gasteiger partial charge in [0.1, 0.15) is 0 Å². The molecule has 0 spiro atoms. The van der Waals surface area contributed by atoms with Crippen LogP contribution >= 0.6 is 0 Å². The summed E-state index contributed by atoms with van der Waals surface area (Å²) < 4.78 is 0. The summed E-state index contributed by atoms with van der Waals surface area (Å²) in [6, 6.07) is -0.254. The predicted molar refractivity (Wildman–Crippen MR) is 48.4 cm³/mol. The Balaban J connectivity index is 2.35. The SMILES string of the molecule is O=C(O)N[C@@H]1CCC[C@H](NC(=O)O)C1. The molecule has 4 N–H and O–H groups in total. The van der Waals surface area contributed by atoms with Gasteiger partial charge in [-0.2, -0.15) is 0 Å². The van der Waals surface area contributed by atoms with Gasteiger partial charge in [-0.1, -0.05) is 0 Å². The maximum atomic E-state index is 10.3. The van der Waals surface area contributed by atoms with Gasteiger partial charge in [-0.3, -0.25) is 0 Å². The van der Waals surface area contributed by atoms with Gasteiger partial charge in [0, 0.05) is 12.1 Å². The molecule has 2 amide bonds. The quantitative estimate of drug-likeness (QED) is 0.533. The van der Waals surface area contributed by atoms with Crippen LogP contribution in [-0.2, 0) is 0 Å². The van der Waals surface area contributed by atoms with Crippen molar-refractivity contribution in [3.05, 3.63) is 0 Å². The molecule has 14 heavy (non-hydrogen) atoms. The zero-order chi connectivity index (χ0) is 10.6. The molecule has 6 heteroatoms. The summed E-state index contributed by atoms with van der Waals surface area (Å²) in [5.41, 5.74) is 0. The maximum Gasteiger partial charge on any atom is 0.404 e. The minimum atomic E-state index is -1.05. The van der Waals surface area contributed by atoms with Crippen molar-refractivity contribution in [2.75, 3.05) is 0 Å². The molecule has 0 aromatic heterocycles. The Labute approximate surface area is 81.3 Å². The fourth-order valence-electron chi connectivity index (χ4n) is 1.80. The Morgan fingerprint density at radius 3 is 1.79 bits per heavy atom. The number of nitrogens with one attached hydrogen (secondary N) is 2. The molecule has 1 fully saturated rings. The number of rotatable bonds is 2. The van der Waals surface area contributed by atoms with Gasteiger partial charge in [0.05, 0.1) is 0 Å². The van der Waals surface area contributed by atoms with Crippen molar-refractivity contribution >= 4 is 12.2 Å². The molecule has 0 radical (unpaired) electrons. The molecule has 1 rings (SSSR count). The monoisotopic (exact) mass is 202 g/mol. The first-order valence-electron chi connectivity index (χ1n) is 4.57. The van der Waals surface area contributed by atoms with Crippen LogP contribution in [0.25, 0.3) is 0 Å². The number of hydrogen-bond donors (Lipinski definition) is 4. The number of carboxylic acid groups (broad SMARTS) is 2. The van der Waals surface area contributed by atoms with Gasteiger partial charge in [-0.25, -0.2) is 9.59 Å². The summed E-state index contributed by atoms with van der Waals surface area (Å²) in [6.07, 6.45) is 0.847. The van der Waals surface area contributed by atoms with Crippen LogP contribution < -0.4 is 10.6 Å². The van der Waals surface area contributed by atoms with Gasteiger partial charge in [0.25, 0.3) is 0 Å². The lowest BCUT2D eigenvalue weighted by molar-refractivity contribution is 0.176.